The molecule has 0 bridgehead atoms. The molecule has 0 aromatic heterocycles. The molecule has 0 saturated heterocycles. The number of hydrogen-bond acceptors (Lipinski definition) is 3. The van der Waals surface area contributed by atoms with E-state index in [1.165, 1.54) is 0 Å². The van der Waals surface area contributed by atoms with Crippen molar-refractivity contribution in [1.82, 2.24) is 0 Å². The molecule has 3 nitrogen and oxygen atoms in total. The first kappa shape index (κ1) is 10.7. The van der Waals surface area contributed by atoms with E-state index in [1.54, 1.807) is 13.2 Å². The molecule has 0 aliphatic carbocycles. The van der Waals surface area contributed by atoms with Crippen LogP contribution in [0.5, 0.6) is 5.75 Å². The van der Waals surface area contributed by atoms with Crippen LogP contribution in [0.25, 0.3) is 0 Å². The van der Waals surface area contributed by atoms with Gasteiger partial charge in [0.25, 0.3) is 0 Å². The van der Waals surface area contributed by atoms with E-state index in [4.69, 9.17) is 9.47 Å². The van der Waals surface area contributed by atoms with Gasteiger partial charge >= 0.3 is 5.97 Å². The van der Waals surface area contributed by atoms with Crippen LogP contribution in [-0.4, -0.2) is 13.1 Å². The van der Waals surface area contributed by atoms with Crippen LogP contribution in [-0.2, 0) is 4.74 Å². The number of hydrogen-bond donors (Lipinski definition) is 0. The van der Waals surface area contributed by atoms with E-state index in [1.807, 2.05) is 31.2 Å². The number of rotatable bonds is 3. The van der Waals surface area contributed by atoms with E-state index < -0.39 is 0 Å². The highest BCUT2D eigenvalue weighted by Crippen LogP contribution is 2.36. The van der Waals surface area contributed by atoms with Crippen molar-refractivity contribution < 1.29 is 14.3 Å². The third-order valence-corrected chi connectivity index (χ3v) is 2.57. The van der Waals surface area contributed by atoms with Gasteiger partial charge in [-0.1, -0.05) is 25.1 Å². The highest BCUT2D eigenvalue weighted by atomic mass is 16.6. The lowest BCUT2D eigenvalue weighted by Crippen LogP contribution is -1.98. The summed E-state index contributed by atoms with van der Waals surface area (Å²) in [6.07, 6.45) is 4.56. The van der Waals surface area contributed by atoms with Gasteiger partial charge < -0.3 is 9.47 Å². The first-order valence-corrected chi connectivity index (χ1v) is 5.32. The number of fused-ring (bicyclic) bond motifs is 1. The number of carbonyl (C=O) groups is 1. The quantitative estimate of drug-likeness (QED) is 0.578. The maximum atomic E-state index is 11.7. The fraction of sp³-hybridized carbons (Fsp3) is 0.308. The molecule has 1 aromatic carbocycles. The minimum absolute atomic E-state index is 0.266. The summed E-state index contributed by atoms with van der Waals surface area (Å²) in [6, 6.07) is 5.53. The van der Waals surface area contributed by atoms with Crippen LogP contribution in [0, 0.1) is 0 Å². The molecule has 84 valence electrons. The SMILES string of the molecule is CC/C=C\C1OC(=O)c2c(OC)cccc21. The second-order valence-corrected chi connectivity index (χ2v) is 3.59. The third-order valence-electron chi connectivity index (χ3n) is 2.57. The topological polar surface area (TPSA) is 35.5 Å². The highest BCUT2D eigenvalue weighted by molar-refractivity contribution is 5.97. The smallest absolute Gasteiger partial charge is 0.343 e. The van der Waals surface area contributed by atoms with E-state index in [-0.39, 0.29) is 12.1 Å². The largest absolute Gasteiger partial charge is 0.496 e. The summed E-state index contributed by atoms with van der Waals surface area (Å²) in [5, 5.41) is 0. The Bertz CT molecular complexity index is 435. The van der Waals surface area contributed by atoms with Crippen LogP contribution in [0.2, 0.25) is 0 Å². The monoisotopic (exact) mass is 218 g/mol. The van der Waals surface area contributed by atoms with E-state index in [2.05, 4.69) is 0 Å². The van der Waals surface area contributed by atoms with Crippen LogP contribution in [0.15, 0.2) is 30.4 Å². The minimum Gasteiger partial charge on any atom is -0.496 e. The molecule has 1 unspecified atom stereocenters. The molecule has 3 heteroatoms. The Morgan fingerprint density at radius 2 is 2.31 bits per heavy atom. The van der Waals surface area contributed by atoms with E-state index >= 15 is 0 Å². The standard InChI is InChI=1S/C13H14O3/c1-3-4-7-10-9-6-5-8-11(15-2)12(9)13(14)16-10/h4-8,10H,3H2,1-2H3/b7-4-. The Kier molecular flexibility index (Phi) is 2.95. The van der Waals surface area contributed by atoms with E-state index in [0.29, 0.717) is 11.3 Å². The molecule has 0 saturated carbocycles. The number of cyclic esters (lactones) is 1. The summed E-state index contributed by atoms with van der Waals surface area (Å²) in [4.78, 5) is 11.7. The number of ether oxygens (including phenoxy) is 2. The summed E-state index contributed by atoms with van der Waals surface area (Å²) in [5.41, 5.74) is 1.44. The number of methoxy groups -OCH3 is 1. The summed E-state index contributed by atoms with van der Waals surface area (Å²) in [7, 11) is 1.55. The maximum absolute atomic E-state index is 11.7. The molecule has 1 heterocycles. The molecular weight excluding hydrogens is 204 g/mol. The van der Waals surface area contributed by atoms with Crippen molar-refractivity contribution in [3.63, 3.8) is 0 Å². The Balaban J connectivity index is 2.43. The Morgan fingerprint density at radius 3 is 3.00 bits per heavy atom. The predicted molar refractivity (Wildman–Crippen MR) is 60.6 cm³/mol. The predicted octanol–water partition coefficient (Wildman–Crippen LogP) is 2.87. The van der Waals surface area contributed by atoms with Crippen molar-refractivity contribution >= 4 is 5.97 Å². The van der Waals surface area contributed by atoms with Gasteiger partial charge in [-0.05, 0) is 18.6 Å². The number of carbonyl (C=O) groups excluding carboxylic acids is 1. The summed E-state index contributed by atoms with van der Waals surface area (Å²) >= 11 is 0. The third kappa shape index (κ3) is 1.69. The normalized spacial score (nSPS) is 18.6. The number of benzene rings is 1. The van der Waals surface area contributed by atoms with Crippen molar-refractivity contribution in [2.45, 2.75) is 19.4 Å². The van der Waals surface area contributed by atoms with Gasteiger partial charge in [0.15, 0.2) is 0 Å². The zero-order chi connectivity index (χ0) is 11.5. The molecule has 0 N–H and O–H groups in total. The molecule has 1 aliphatic rings. The van der Waals surface area contributed by atoms with Crippen LogP contribution < -0.4 is 4.74 Å². The molecular formula is C13H14O3. The molecule has 16 heavy (non-hydrogen) atoms. The Hall–Kier alpha value is -1.77. The first-order chi connectivity index (χ1) is 7.77. The van der Waals surface area contributed by atoms with E-state index in [0.717, 1.165) is 12.0 Å². The Labute approximate surface area is 94.7 Å². The summed E-state index contributed by atoms with van der Waals surface area (Å²) in [5.74, 6) is 0.271. The van der Waals surface area contributed by atoms with Gasteiger partial charge in [0.1, 0.15) is 17.4 Å². The lowest BCUT2D eigenvalue weighted by molar-refractivity contribution is 0.0465. The van der Waals surface area contributed by atoms with Crippen molar-refractivity contribution in [3.8, 4) is 5.75 Å². The summed E-state index contributed by atoms with van der Waals surface area (Å²) in [6.45, 7) is 2.04. The second kappa shape index (κ2) is 4.39. The maximum Gasteiger partial charge on any atom is 0.343 e. The van der Waals surface area contributed by atoms with Gasteiger partial charge in [-0.2, -0.15) is 0 Å². The second-order valence-electron chi connectivity index (χ2n) is 3.59. The van der Waals surface area contributed by atoms with Crippen molar-refractivity contribution in [1.29, 1.82) is 0 Å². The van der Waals surface area contributed by atoms with Crippen LogP contribution in [0.4, 0.5) is 0 Å². The minimum atomic E-state index is -0.307. The Morgan fingerprint density at radius 1 is 1.50 bits per heavy atom. The van der Waals surface area contributed by atoms with Gasteiger partial charge in [-0.25, -0.2) is 4.79 Å². The van der Waals surface area contributed by atoms with Gasteiger partial charge in [-0.15, -0.1) is 0 Å². The van der Waals surface area contributed by atoms with Crippen LogP contribution >= 0.6 is 0 Å². The van der Waals surface area contributed by atoms with Crippen molar-refractivity contribution in [2.24, 2.45) is 0 Å². The average molecular weight is 218 g/mol. The van der Waals surface area contributed by atoms with Gasteiger partial charge in [0.2, 0.25) is 0 Å². The number of allylic oxidation sites excluding steroid dienone is 1. The van der Waals surface area contributed by atoms with E-state index in [9.17, 15) is 4.79 Å². The molecule has 1 aliphatic heterocycles. The first-order valence-electron chi connectivity index (χ1n) is 5.32. The molecule has 1 aromatic rings. The average Bonchev–Trinajstić information content (AvgIpc) is 2.64. The van der Waals surface area contributed by atoms with Gasteiger partial charge in [-0.3, -0.25) is 0 Å². The van der Waals surface area contributed by atoms with Crippen LogP contribution in [0.3, 0.4) is 0 Å². The highest BCUT2D eigenvalue weighted by Gasteiger charge is 2.32. The fourth-order valence-corrected chi connectivity index (χ4v) is 1.81. The zero-order valence-electron chi connectivity index (χ0n) is 9.40. The van der Waals surface area contributed by atoms with Crippen LogP contribution in [0.1, 0.15) is 35.4 Å². The molecule has 0 amide bonds. The summed E-state index contributed by atoms with van der Waals surface area (Å²) < 4.78 is 10.4. The molecule has 0 radical (unpaired) electrons. The lowest BCUT2D eigenvalue weighted by Gasteiger charge is -2.05. The van der Waals surface area contributed by atoms with Gasteiger partial charge in [0, 0.05) is 5.56 Å². The molecule has 0 fully saturated rings. The fourth-order valence-electron chi connectivity index (χ4n) is 1.81. The van der Waals surface area contributed by atoms with Crippen molar-refractivity contribution in [2.75, 3.05) is 7.11 Å². The molecule has 2 rings (SSSR count). The van der Waals surface area contributed by atoms with Gasteiger partial charge in [0.05, 0.1) is 7.11 Å². The molecule has 1 atom stereocenters. The molecule has 0 spiro atoms. The van der Waals surface area contributed by atoms with Crippen molar-refractivity contribution in [3.05, 3.63) is 41.5 Å². The number of esters is 1. The zero-order valence-corrected chi connectivity index (χ0v) is 9.40. The lowest BCUT2D eigenvalue weighted by atomic mass is 10.0.